The summed E-state index contributed by atoms with van der Waals surface area (Å²) in [6.07, 6.45) is 1.72. The zero-order valence-electron chi connectivity index (χ0n) is 34.6. The van der Waals surface area contributed by atoms with Crippen molar-refractivity contribution in [2.45, 2.75) is 83.3 Å². The predicted octanol–water partition coefficient (Wildman–Crippen LogP) is 6.80. The third kappa shape index (κ3) is 9.88. The Labute approximate surface area is 346 Å². The molecule has 16 heteroatoms. The molecule has 0 aliphatic carbocycles. The molecule has 0 spiro atoms. The van der Waals surface area contributed by atoms with Crippen LogP contribution in [0.1, 0.15) is 69.0 Å². The Hall–Kier alpha value is -5.04. The van der Waals surface area contributed by atoms with Gasteiger partial charge in [0.25, 0.3) is 14.1 Å². The normalized spacial score (nSPS) is 18.5. The summed E-state index contributed by atoms with van der Waals surface area (Å²) < 4.78 is 37.1. The number of aliphatic hydroxyl groups excluding tert-OH is 1. The molecule has 5 atom stereocenters. The number of aliphatic hydroxyl groups is 1. The van der Waals surface area contributed by atoms with Crippen molar-refractivity contribution in [1.29, 1.82) is 5.26 Å². The first-order valence-electron chi connectivity index (χ1n) is 19.6. The maximum atomic E-state index is 13.2. The Bertz CT molecular complexity index is 2190. The molecule has 2 N–H and O–H groups in total. The highest BCUT2D eigenvalue weighted by molar-refractivity contribution is 7.44. The minimum absolute atomic E-state index is 0.0492. The van der Waals surface area contributed by atoms with Crippen LogP contribution >= 0.6 is 8.53 Å². The summed E-state index contributed by atoms with van der Waals surface area (Å²) in [6.45, 7) is 8.49. The lowest BCUT2D eigenvalue weighted by atomic mass is 9.79. The first-order chi connectivity index (χ1) is 28.5. The molecule has 0 saturated carbocycles. The summed E-state index contributed by atoms with van der Waals surface area (Å²) >= 11 is 0. The van der Waals surface area contributed by atoms with Gasteiger partial charge in [0, 0.05) is 32.6 Å². The van der Waals surface area contributed by atoms with Crippen LogP contribution in [-0.4, -0.2) is 99.2 Å². The number of methoxy groups -OCH3 is 1. The van der Waals surface area contributed by atoms with E-state index in [-0.39, 0.29) is 49.8 Å². The Balaban J connectivity index is 1.45. The maximum absolute atomic E-state index is 13.2. The van der Waals surface area contributed by atoms with Crippen LogP contribution in [0.25, 0.3) is 11.2 Å². The number of rotatable bonds is 19. The first-order valence-corrected chi connectivity index (χ1v) is 20.7. The minimum atomic E-state index is -1.68. The van der Waals surface area contributed by atoms with Crippen LogP contribution in [0.5, 0.6) is 5.75 Å². The fraction of sp³-hybridized carbons (Fsp3) is 0.419. The summed E-state index contributed by atoms with van der Waals surface area (Å²) in [7, 11) is 3.60. The van der Waals surface area contributed by atoms with E-state index in [9.17, 15) is 15.2 Å². The van der Waals surface area contributed by atoms with Crippen LogP contribution < -0.4 is 10.3 Å². The summed E-state index contributed by atoms with van der Waals surface area (Å²) in [5, 5.41) is 19.3. The molecule has 59 heavy (non-hydrogen) atoms. The summed E-state index contributed by atoms with van der Waals surface area (Å²) in [6, 6.07) is 27.8. The number of ether oxygens (including phenoxy) is 3. The van der Waals surface area contributed by atoms with E-state index in [1.165, 1.54) is 0 Å². The molecule has 5 aromatic rings. The van der Waals surface area contributed by atoms with E-state index in [2.05, 4.69) is 58.4 Å². The van der Waals surface area contributed by atoms with Crippen molar-refractivity contribution in [2.24, 2.45) is 4.99 Å². The van der Waals surface area contributed by atoms with Crippen LogP contribution in [0.2, 0.25) is 0 Å². The molecule has 0 bridgehead atoms. The van der Waals surface area contributed by atoms with Crippen molar-refractivity contribution in [3.63, 3.8) is 0 Å². The topological polar surface area (TPSA) is 173 Å². The number of hydrogen-bond donors (Lipinski definition) is 2. The third-order valence-electron chi connectivity index (χ3n) is 9.89. The lowest BCUT2D eigenvalue weighted by Gasteiger charge is -2.39. The third-order valence-corrected chi connectivity index (χ3v) is 12.0. The van der Waals surface area contributed by atoms with E-state index in [0.29, 0.717) is 17.8 Å². The van der Waals surface area contributed by atoms with Crippen LogP contribution in [0.3, 0.4) is 0 Å². The Morgan fingerprint density at radius 1 is 1.05 bits per heavy atom. The van der Waals surface area contributed by atoms with E-state index < -0.39 is 38.1 Å². The van der Waals surface area contributed by atoms with Crippen molar-refractivity contribution in [3.05, 3.63) is 118 Å². The number of benzene rings is 3. The summed E-state index contributed by atoms with van der Waals surface area (Å²) in [5.41, 5.74) is 2.19. The zero-order valence-corrected chi connectivity index (χ0v) is 35.5. The number of aromatic nitrogens is 4. The number of imidazole rings is 1. The molecular weight excluding hydrogens is 771 g/mol. The van der Waals surface area contributed by atoms with Gasteiger partial charge in [0.2, 0.25) is 5.95 Å². The van der Waals surface area contributed by atoms with E-state index in [0.717, 1.165) is 22.3 Å². The van der Waals surface area contributed by atoms with E-state index in [1.54, 1.807) is 29.2 Å². The van der Waals surface area contributed by atoms with Crippen LogP contribution in [0, 0.1) is 11.3 Å². The van der Waals surface area contributed by atoms with Crippen LogP contribution in [0.4, 0.5) is 5.95 Å². The maximum Gasteiger partial charge on any atom is 0.280 e. The molecule has 0 amide bonds. The Morgan fingerprint density at radius 3 is 2.32 bits per heavy atom. The van der Waals surface area contributed by atoms with Crippen molar-refractivity contribution >= 4 is 32.0 Å². The molecule has 1 saturated heterocycles. The highest BCUT2D eigenvalue weighted by Gasteiger charge is 2.45. The molecule has 0 radical (unpaired) electrons. The fourth-order valence-corrected chi connectivity index (χ4v) is 8.96. The van der Waals surface area contributed by atoms with E-state index in [4.69, 9.17) is 23.3 Å². The summed E-state index contributed by atoms with van der Waals surface area (Å²) in [5.74, 6) is 0.823. The number of hydrogen-bond acceptors (Lipinski definition) is 12. The molecular formula is C43H53N8O7P. The van der Waals surface area contributed by atoms with Crippen molar-refractivity contribution in [3.8, 4) is 11.8 Å². The lowest BCUT2D eigenvalue weighted by molar-refractivity contribution is -0.0912. The number of nitrogens with one attached hydrogen (secondary N) is 1. The number of aliphatic imine (C=N–C) groups is 1. The van der Waals surface area contributed by atoms with Gasteiger partial charge in [-0.2, -0.15) is 10.2 Å². The van der Waals surface area contributed by atoms with Crippen molar-refractivity contribution in [1.82, 2.24) is 29.1 Å². The van der Waals surface area contributed by atoms with Gasteiger partial charge >= 0.3 is 0 Å². The first kappa shape index (κ1) is 43.5. The SMILES string of the molecule is COc1ccc(C(OC[C@H]2O[C@@H](n3cnc4c(=O)[nH]c(/N=C/N(C)C)nc43)C[C@H]2OP(OCCC#N)N(C(C)C)C(C)C)(c2ccccc2)c2ccc(CO)cc2)cc1. The lowest BCUT2D eigenvalue weighted by Crippen LogP contribution is -2.39. The van der Waals surface area contributed by atoms with E-state index >= 15 is 0 Å². The Kier molecular flexibility index (Phi) is 14.6. The number of aromatic amines is 1. The van der Waals surface area contributed by atoms with Crippen LogP contribution in [0.15, 0.2) is 95.0 Å². The number of H-pyrrole nitrogens is 1. The Morgan fingerprint density at radius 2 is 1.71 bits per heavy atom. The van der Waals surface area contributed by atoms with Crippen molar-refractivity contribution in [2.75, 3.05) is 34.4 Å². The smallest absolute Gasteiger partial charge is 0.280 e. The molecule has 3 heterocycles. The van der Waals surface area contributed by atoms with Gasteiger partial charge in [-0.15, -0.1) is 0 Å². The van der Waals surface area contributed by atoms with Crippen molar-refractivity contribution < 1.29 is 28.4 Å². The predicted molar refractivity (Wildman–Crippen MR) is 226 cm³/mol. The van der Waals surface area contributed by atoms with E-state index in [1.807, 2.05) is 93.0 Å². The molecule has 2 unspecified atom stereocenters. The van der Waals surface area contributed by atoms with Crippen LogP contribution in [-0.2, 0) is 30.7 Å². The second-order valence-corrected chi connectivity index (χ2v) is 16.3. The average Bonchev–Trinajstić information content (AvgIpc) is 3.85. The summed E-state index contributed by atoms with van der Waals surface area (Å²) in [4.78, 5) is 31.0. The molecule has 312 valence electrons. The highest BCUT2D eigenvalue weighted by Crippen LogP contribution is 2.51. The standard InChI is InChI=1S/C43H53N8O7P/c1-29(2)51(30(3)4)59(56-23-11-22-44)58-36-24-38(50-28-45-39-40(50)47-42(48-41(39)53)46-27-49(5)6)57-37(36)26-55-43(32-12-9-8-10-13-32,33-16-14-31(25-52)15-17-33)34-18-20-35(54-7)21-19-34/h8-10,12-21,27-30,36-38,52H,11,23-26H2,1-7H3,(H,47,48,53)/b46-27+/t36-,37-,38-,43?,59?/m1/s1. The highest BCUT2D eigenvalue weighted by atomic mass is 31.2. The molecule has 1 aliphatic heterocycles. The molecule has 15 nitrogen and oxygen atoms in total. The molecule has 3 aromatic carbocycles. The molecule has 1 fully saturated rings. The van der Waals surface area contributed by atoms with Gasteiger partial charge in [0.05, 0.1) is 58.2 Å². The van der Waals surface area contributed by atoms with Gasteiger partial charge in [0.15, 0.2) is 11.2 Å². The second kappa shape index (κ2) is 19.8. The number of fused-ring (bicyclic) bond motifs is 1. The largest absolute Gasteiger partial charge is 0.497 e. The minimum Gasteiger partial charge on any atom is -0.497 e. The van der Waals surface area contributed by atoms with Gasteiger partial charge in [-0.3, -0.25) is 14.3 Å². The number of nitriles is 1. The van der Waals surface area contributed by atoms with Gasteiger partial charge in [-0.05, 0) is 62.1 Å². The molecule has 6 rings (SSSR count). The molecule has 2 aromatic heterocycles. The van der Waals surface area contributed by atoms with Gasteiger partial charge in [-0.25, -0.2) is 14.6 Å². The van der Waals surface area contributed by atoms with Gasteiger partial charge in [-0.1, -0.05) is 66.7 Å². The zero-order chi connectivity index (χ0) is 42.1. The average molecular weight is 825 g/mol. The molecule has 1 aliphatic rings. The monoisotopic (exact) mass is 824 g/mol. The van der Waals surface area contributed by atoms with Gasteiger partial charge < -0.3 is 33.3 Å². The second-order valence-electron chi connectivity index (χ2n) is 14.9. The van der Waals surface area contributed by atoms with Gasteiger partial charge in [0.1, 0.15) is 23.7 Å². The quantitative estimate of drug-likeness (QED) is 0.0294. The fourth-order valence-electron chi connectivity index (χ4n) is 7.20. The number of nitrogens with zero attached hydrogens (tertiary/aromatic N) is 7.